The smallest absolute Gasteiger partial charge is 0.410 e. The van der Waals surface area contributed by atoms with Gasteiger partial charge < -0.3 is 14.8 Å². The Labute approximate surface area is 202 Å². The fraction of sp³-hybridized carbons (Fsp3) is 0.375. The van der Waals surface area contributed by atoms with Gasteiger partial charge in [-0.1, -0.05) is 82.3 Å². The van der Waals surface area contributed by atoms with Gasteiger partial charge in [0.2, 0.25) is 5.91 Å². The number of likely N-dealkylation sites (tertiary alicyclic amines) is 1. The number of benzene rings is 2. The number of esters is 1. The van der Waals surface area contributed by atoms with Gasteiger partial charge in [-0.2, -0.15) is 0 Å². The van der Waals surface area contributed by atoms with Gasteiger partial charge in [0.05, 0.1) is 7.11 Å². The molecule has 2 atom stereocenters. The zero-order chi connectivity index (χ0) is 23.5. The number of methoxy groups -OCH3 is 1. The average Bonchev–Trinajstić information content (AvgIpc) is 3.35. The largest absolute Gasteiger partial charge is 0.467 e. The topological polar surface area (TPSA) is 84.9 Å². The summed E-state index contributed by atoms with van der Waals surface area (Å²) in [4.78, 5) is 39.2. The molecule has 0 unspecified atom stereocenters. The summed E-state index contributed by atoms with van der Waals surface area (Å²) in [5.74, 6) is 0.276. The van der Waals surface area contributed by atoms with Crippen molar-refractivity contribution in [1.29, 1.82) is 0 Å². The predicted octanol–water partition coefficient (Wildman–Crippen LogP) is 4.03. The molecule has 0 aromatic heterocycles. The van der Waals surface area contributed by atoms with Crippen LogP contribution in [0.2, 0.25) is 0 Å². The van der Waals surface area contributed by atoms with Crippen molar-refractivity contribution in [1.82, 2.24) is 10.2 Å². The quantitative estimate of drug-likeness (QED) is 0.307. The van der Waals surface area contributed by atoms with Gasteiger partial charge in [-0.25, -0.2) is 9.59 Å². The molecular formula is C24H28N2O5S2. The normalized spacial score (nSPS) is 16.2. The van der Waals surface area contributed by atoms with Crippen molar-refractivity contribution in [2.24, 2.45) is 0 Å². The van der Waals surface area contributed by atoms with Crippen molar-refractivity contribution in [2.75, 3.05) is 19.4 Å². The summed E-state index contributed by atoms with van der Waals surface area (Å²) in [7, 11) is 4.40. The highest BCUT2D eigenvalue weighted by Crippen LogP contribution is 2.27. The third-order valence-electron chi connectivity index (χ3n) is 5.18. The first-order chi connectivity index (χ1) is 16.1. The van der Waals surface area contributed by atoms with E-state index in [1.165, 1.54) is 28.4 Å². The molecule has 2 aromatic carbocycles. The van der Waals surface area contributed by atoms with E-state index in [9.17, 15) is 14.4 Å². The predicted molar refractivity (Wildman–Crippen MR) is 130 cm³/mol. The molecule has 2 amide bonds. The first-order valence-corrected chi connectivity index (χ1v) is 13.2. The molecule has 0 bridgehead atoms. The van der Waals surface area contributed by atoms with E-state index in [-0.39, 0.29) is 12.5 Å². The minimum Gasteiger partial charge on any atom is -0.467 e. The summed E-state index contributed by atoms with van der Waals surface area (Å²) in [5, 5.41) is 2.77. The van der Waals surface area contributed by atoms with Crippen LogP contribution >= 0.6 is 21.6 Å². The molecule has 9 heteroatoms. The minimum absolute atomic E-state index is 0.143. The molecule has 1 aliphatic heterocycles. The number of ether oxygens (including phenoxy) is 2. The van der Waals surface area contributed by atoms with Crippen LogP contribution in [0.1, 0.15) is 24.0 Å². The van der Waals surface area contributed by atoms with Crippen molar-refractivity contribution in [3.8, 4) is 0 Å². The lowest BCUT2D eigenvalue weighted by Gasteiger charge is -2.25. The molecule has 176 valence electrons. The van der Waals surface area contributed by atoms with Crippen LogP contribution in [0, 0.1) is 0 Å². The van der Waals surface area contributed by atoms with Gasteiger partial charge in [0.15, 0.2) is 0 Å². The third-order valence-corrected chi connectivity index (χ3v) is 7.53. The molecule has 0 saturated carbocycles. The van der Waals surface area contributed by atoms with E-state index in [1.807, 2.05) is 60.7 Å². The molecule has 0 aliphatic carbocycles. The first-order valence-electron chi connectivity index (χ1n) is 10.7. The second kappa shape index (κ2) is 13.2. The number of amides is 2. The molecule has 1 N–H and O–H groups in total. The highest BCUT2D eigenvalue weighted by Gasteiger charge is 2.37. The highest BCUT2D eigenvalue weighted by atomic mass is 33.1. The van der Waals surface area contributed by atoms with Crippen molar-refractivity contribution in [3.63, 3.8) is 0 Å². The summed E-state index contributed by atoms with van der Waals surface area (Å²) in [5.41, 5.74) is 2.06. The van der Waals surface area contributed by atoms with E-state index in [2.05, 4.69) is 5.32 Å². The van der Waals surface area contributed by atoms with Gasteiger partial charge in [-0.15, -0.1) is 0 Å². The Morgan fingerprint density at radius 3 is 2.36 bits per heavy atom. The third kappa shape index (κ3) is 7.71. The Bertz CT molecular complexity index is 914. The number of nitrogens with zero attached hydrogens (tertiary/aromatic N) is 1. The maximum absolute atomic E-state index is 12.9. The van der Waals surface area contributed by atoms with Gasteiger partial charge in [0.25, 0.3) is 0 Å². The Hall–Kier alpha value is -2.65. The molecule has 2 aromatic rings. The second-order valence-electron chi connectivity index (χ2n) is 7.51. The van der Waals surface area contributed by atoms with Crippen LogP contribution in [-0.2, 0) is 31.4 Å². The molecule has 0 spiro atoms. The highest BCUT2D eigenvalue weighted by molar-refractivity contribution is 8.76. The lowest BCUT2D eigenvalue weighted by Crippen LogP contribution is -2.52. The monoisotopic (exact) mass is 488 g/mol. The Morgan fingerprint density at radius 2 is 1.70 bits per heavy atom. The number of carbonyl (C=O) groups excluding carboxylic acids is 3. The van der Waals surface area contributed by atoms with Crippen LogP contribution in [-0.4, -0.2) is 54.4 Å². The molecule has 1 fully saturated rings. The van der Waals surface area contributed by atoms with Gasteiger partial charge in [-0.05, 0) is 24.0 Å². The SMILES string of the molecule is COC(=O)[C@H](CSSCc1ccccc1)NC(=O)[C@@H]1CCCN1C(=O)OCc1ccccc1. The average molecular weight is 489 g/mol. The van der Waals surface area contributed by atoms with Crippen LogP contribution in [0.25, 0.3) is 0 Å². The number of rotatable bonds is 10. The maximum atomic E-state index is 12.9. The van der Waals surface area contributed by atoms with Gasteiger partial charge >= 0.3 is 12.1 Å². The van der Waals surface area contributed by atoms with Crippen molar-refractivity contribution >= 4 is 39.6 Å². The van der Waals surface area contributed by atoms with Crippen LogP contribution in [0.3, 0.4) is 0 Å². The van der Waals surface area contributed by atoms with E-state index in [0.29, 0.717) is 25.1 Å². The summed E-state index contributed by atoms with van der Waals surface area (Å²) >= 11 is 0. The van der Waals surface area contributed by atoms with Gasteiger partial charge in [0.1, 0.15) is 18.7 Å². The number of hydrogen-bond donors (Lipinski definition) is 1. The Balaban J connectivity index is 1.50. The number of carbonyl (C=O) groups is 3. The molecule has 33 heavy (non-hydrogen) atoms. The summed E-state index contributed by atoms with van der Waals surface area (Å²) in [6.07, 6.45) is 0.693. The molecule has 1 aliphatic rings. The standard InChI is InChI=1S/C24H28N2O5S2/c1-30-23(28)20(17-33-32-16-19-11-6-3-7-12-19)25-22(27)21-13-8-14-26(21)24(29)31-15-18-9-4-2-5-10-18/h2-7,9-12,20-21H,8,13-17H2,1H3,(H,25,27)/t20-,21-/m0/s1. The summed E-state index contributed by atoms with van der Waals surface area (Å²) in [6.45, 7) is 0.584. The van der Waals surface area contributed by atoms with E-state index in [4.69, 9.17) is 9.47 Å². The van der Waals surface area contributed by atoms with Gasteiger partial charge in [0, 0.05) is 18.1 Å². The minimum atomic E-state index is -0.793. The fourth-order valence-electron chi connectivity index (χ4n) is 3.44. The zero-order valence-corrected chi connectivity index (χ0v) is 20.1. The van der Waals surface area contributed by atoms with Crippen molar-refractivity contribution in [2.45, 2.75) is 37.3 Å². The van der Waals surface area contributed by atoms with E-state index < -0.39 is 24.1 Å². The molecule has 1 saturated heterocycles. The van der Waals surface area contributed by atoms with Crippen LogP contribution in [0.15, 0.2) is 60.7 Å². The second-order valence-corrected chi connectivity index (χ2v) is 10.0. The molecule has 0 radical (unpaired) electrons. The molecule has 3 rings (SSSR count). The van der Waals surface area contributed by atoms with E-state index >= 15 is 0 Å². The van der Waals surface area contributed by atoms with Gasteiger partial charge in [-0.3, -0.25) is 9.69 Å². The first kappa shape index (κ1) is 25.0. The number of nitrogens with one attached hydrogen (secondary N) is 1. The molecular weight excluding hydrogens is 460 g/mol. The zero-order valence-electron chi connectivity index (χ0n) is 18.5. The Morgan fingerprint density at radius 1 is 1.03 bits per heavy atom. The Kier molecular flexibility index (Phi) is 9.96. The van der Waals surface area contributed by atoms with E-state index in [0.717, 1.165) is 11.3 Å². The fourth-order valence-corrected chi connectivity index (χ4v) is 5.66. The number of hydrogen-bond acceptors (Lipinski definition) is 7. The molecule has 1 heterocycles. The van der Waals surface area contributed by atoms with Crippen LogP contribution in [0.5, 0.6) is 0 Å². The lowest BCUT2D eigenvalue weighted by molar-refractivity contribution is -0.144. The molecule has 7 nitrogen and oxygen atoms in total. The summed E-state index contributed by atoms with van der Waals surface area (Å²) < 4.78 is 10.3. The maximum Gasteiger partial charge on any atom is 0.410 e. The van der Waals surface area contributed by atoms with Crippen LogP contribution < -0.4 is 5.32 Å². The summed E-state index contributed by atoms with van der Waals surface area (Å²) in [6, 6.07) is 17.9. The van der Waals surface area contributed by atoms with Crippen molar-refractivity contribution < 1.29 is 23.9 Å². The van der Waals surface area contributed by atoms with Crippen LogP contribution in [0.4, 0.5) is 4.79 Å². The lowest BCUT2D eigenvalue weighted by atomic mass is 10.2. The van der Waals surface area contributed by atoms with E-state index in [1.54, 1.807) is 10.8 Å². The van der Waals surface area contributed by atoms with Crippen molar-refractivity contribution in [3.05, 3.63) is 71.8 Å².